The van der Waals surface area contributed by atoms with E-state index in [2.05, 4.69) is 10.6 Å². The molecule has 0 spiro atoms. The molecule has 17 heavy (non-hydrogen) atoms. The third kappa shape index (κ3) is 5.23. The lowest BCUT2D eigenvalue weighted by atomic mass is 10.4. The fourth-order valence-corrected chi connectivity index (χ4v) is 3.01. The Morgan fingerprint density at radius 1 is 1.35 bits per heavy atom. The molecule has 1 aromatic heterocycles. The summed E-state index contributed by atoms with van der Waals surface area (Å²) in [5.41, 5.74) is 0. The maximum absolute atomic E-state index is 11.7. The highest BCUT2D eigenvalue weighted by Gasteiger charge is 2.17. The standard InChI is InChI=1S/C11H16N2O2S2/c1-7(2)12-11(15)13-10(14)8(3)17-9-5-4-6-16-9/h4-8H,1-3H3,(H2,12,13,14,15)/t8-/m0/s1. The predicted molar refractivity (Wildman–Crippen MR) is 71.4 cm³/mol. The van der Waals surface area contributed by atoms with E-state index in [1.165, 1.54) is 11.8 Å². The van der Waals surface area contributed by atoms with Crippen LogP contribution in [0.2, 0.25) is 0 Å². The van der Waals surface area contributed by atoms with Crippen LogP contribution in [0.25, 0.3) is 0 Å². The van der Waals surface area contributed by atoms with Crippen LogP contribution in [0, 0.1) is 0 Å². The molecule has 1 atom stereocenters. The molecule has 0 unspecified atom stereocenters. The Bertz CT molecular complexity index is 377. The van der Waals surface area contributed by atoms with Crippen LogP contribution in [0.5, 0.6) is 0 Å². The number of rotatable bonds is 4. The first-order valence-corrected chi connectivity index (χ1v) is 7.06. The van der Waals surface area contributed by atoms with E-state index in [1.807, 2.05) is 31.4 Å². The Labute approximate surface area is 109 Å². The van der Waals surface area contributed by atoms with E-state index in [9.17, 15) is 9.59 Å². The summed E-state index contributed by atoms with van der Waals surface area (Å²) >= 11 is 3.03. The number of nitrogens with one attached hydrogen (secondary N) is 2. The van der Waals surface area contributed by atoms with Gasteiger partial charge in [0.2, 0.25) is 5.91 Å². The fourth-order valence-electron chi connectivity index (χ4n) is 1.07. The number of hydrogen-bond donors (Lipinski definition) is 2. The molecule has 1 aromatic rings. The number of hydrogen-bond acceptors (Lipinski definition) is 4. The van der Waals surface area contributed by atoms with Crippen LogP contribution in [-0.4, -0.2) is 23.2 Å². The maximum Gasteiger partial charge on any atom is 0.321 e. The summed E-state index contributed by atoms with van der Waals surface area (Å²) in [4.78, 5) is 23.0. The third-order valence-electron chi connectivity index (χ3n) is 1.81. The zero-order chi connectivity index (χ0) is 12.8. The van der Waals surface area contributed by atoms with Gasteiger partial charge in [-0.05, 0) is 32.2 Å². The first-order chi connectivity index (χ1) is 7.99. The lowest BCUT2D eigenvalue weighted by molar-refractivity contribution is -0.119. The summed E-state index contributed by atoms with van der Waals surface area (Å²) in [5, 5.41) is 6.60. The second-order valence-electron chi connectivity index (χ2n) is 3.81. The summed E-state index contributed by atoms with van der Waals surface area (Å²) in [6.45, 7) is 5.46. The molecule has 0 bridgehead atoms. The van der Waals surface area contributed by atoms with Gasteiger partial charge in [0.05, 0.1) is 9.46 Å². The van der Waals surface area contributed by atoms with Gasteiger partial charge in [-0.25, -0.2) is 4.79 Å². The summed E-state index contributed by atoms with van der Waals surface area (Å²) in [5.74, 6) is -0.276. The lowest BCUT2D eigenvalue weighted by Crippen LogP contribution is -2.45. The monoisotopic (exact) mass is 272 g/mol. The molecule has 0 saturated carbocycles. The molecule has 6 heteroatoms. The molecule has 94 valence electrons. The van der Waals surface area contributed by atoms with Crippen molar-refractivity contribution in [3.63, 3.8) is 0 Å². The van der Waals surface area contributed by atoms with Crippen LogP contribution >= 0.6 is 23.1 Å². The van der Waals surface area contributed by atoms with Crippen LogP contribution in [-0.2, 0) is 4.79 Å². The Kier molecular flexibility index (Phi) is 5.50. The third-order valence-corrected chi connectivity index (χ3v) is 3.99. The number of urea groups is 1. The molecular formula is C11H16N2O2S2. The van der Waals surface area contributed by atoms with E-state index < -0.39 is 6.03 Å². The van der Waals surface area contributed by atoms with Crippen molar-refractivity contribution >= 4 is 35.0 Å². The number of amides is 3. The number of thiophene rings is 1. The summed E-state index contributed by atoms with van der Waals surface area (Å²) < 4.78 is 1.07. The molecule has 3 amide bonds. The summed E-state index contributed by atoms with van der Waals surface area (Å²) in [6, 6.07) is 3.46. The molecule has 0 radical (unpaired) electrons. The Morgan fingerprint density at radius 2 is 2.06 bits per heavy atom. The van der Waals surface area contributed by atoms with Gasteiger partial charge < -0.3 is 5.32 Å². The molecule has 0 aromatic carbocycles. The van der Waals surface area contributed by atoms with Gasteiger partial charge in [0.15, 0.2) is 0 Å². The van der Waals surface area contributed by atoms with Crippen LogP contribution in [0.1, 0.15) is 20.8 Å². The largest absolute Gasteiger partial charge is 0.336 e. The molecule has 0 aliphatic heterocycles. The van der Waals surface area contributed by atoms with Gasteiger partial charge in [-0.15, -0.1) is 23.1 Å². The van der Waals surface area contributed by atoms with E-state index in [0.29, 0.717) is 0 Å². The summed E-state index contributed by atoms with van der Waals surface area (Å²) in [7, 11) is 0. The van der Waals surface area contributed by atoms with Crippen LogP contribution < -0.4 is 10.6 Å². The zero-order valence-corrected chi connectivity index (χ0v) is 11.7. The highest BCUT2D eigenvalue weighted by molar-refractivity contribution is 8.02. The van der Waals surface area contributed by atoms with Gasteiger partial charge in [0.1, 0.15) is 0 Å². The smallest absolute Gasteiger partial charge is 0.321 e. The zero-order valence-electron chi connectivity index (χ0n) is 10.0. The topological polar surface area (TPSA) is 58.2 Å². The molecular weight excluding hydrogens is 256 g/mol. The van der Waals surface area contributed by atoms with Crippen molar-refractivity contribution in [3.8, 4) is 0 Å². The second-order valence-corrected chi connectivity index (χ2v) is 6.40. The molecule has 0 saturated heterocycles. The summed E-state index contributed by atoms with van der Waals surface area (Å²) in [6.07, 6.45) is 0. The molecule has 2 N–H and O–H groups in total. The van der Waals surface area contributed by atoms with Crippen molar-refractivity contribution < 1.29 is 9.59 Å². The highest BCUT2D eigenvalue weighted by atomic mass is 32.2. The second kappa shape index (κ2) is 6.66. The average Bonchev–Trinajstić information content (AvgIpc) is 2.68. The molecule has 1 rings (SSSR count). The Balaban J connectivity index is 2.39. The van der Waals surface area contributed by atoms with Gasteiger partial charge in [0, 0.05) is 6.04 Å². The molecule has 0 aliphatic rings. The Hall–Kier alpha value is -1.01. The fraction of sp³-hybridized carbons (Fsp3) is 0.455. The minimum atomic E-state index is -0.441. The van der Waals surface area contributed by atoms with Crippen molar-refractivity contribution in [2.24, 2.45) is 0 Å². The first-order valence-electron chi connectivity index (χ1n) is 5.30. The van der Waals surface area contributed by atoms with Crippen LogP contribution in [0.4, 0.5) is 4.79 Å². The van der Waals surface area contributed by atoms with Crippen molar-refractivity contribution in [3.05, 3.63) is 17.5 Å². The van der Waals surface area contributed by atoms with E-state index in [4.69, 9.17) is 0 Å². The molecule has 4 nitrogen and oxygen atoms in total. The minimum absolute atomic E-state index is 0.0167. The minimum Gasteiger partial charge on any atom is -0.336 e. The Morgan fingerprint density at radius 3 is 2.59 bits per heavy atom. The van der Waals surface area contributed by atoms with Crippen molar-refractivity contribution in [2.45, 2.75) is 36.3 Å². The predicted octanol–water partition coefficient (Wildman–Crippen LogP) is 2.46. The van der Waals surface area contributed by atoms with Gasteiger partial charge >= 0.3 is 6.03 Å². The van der Waals surface area contributed by atoms with Crippen molar-refractivity contribution in [1.82, 2.24) is 10.6 Å². The van der Waals surface area contributed by atoms with E-state index in [1.54, 1.807) is 18.3 Å². The molecule has 0 fully saturated rings. The quantitative estimate of drug-likeness (QED) is 0.828. The number of thioether (sulfide) groups is 1. The van der Waals surface area contributed by atoms with E-state index in [-0.39, 0.29) is 17.2 Å². The lowest BCUT2D eigenvalue weighted by Gasteiger charge is -2.12. The van der Waals surface area contributed by atoms with Crippen molar-refractivity contribution in [2.75, 3.05) is 0 Å². The van der Waals surface area contributed by atoms with Crippen LogP contribution in [0.3, 0.4) is 0 Å². The normalized spacial score (nSPS) is 12.2. The molecule has 1 heterocycles. The van der Waals surface area contributed by atoms with E-state index >= 15 is 0 Å². The van der Waals surface area contributed by atoms with Gasteiger partial charge in [-0.1, -0.05) is 6.07 Å². The average molecular weight is 272 g/mol. The first kappa shape index (κ1) is 14.1. The van der Waals surface area contributed by atoms with Gasteiger partial charge in [-0.3, -0.25) is 10.1 Å². The highest BCUT2D eigenvalue weighted by Crippen LogP contribution is 2.27. The SMILES string of the molecule is CC(C)NC(=O)NC(=O)[C@H](C)Sc1cccs1. The van der Waals surface area contributed by atoms with E-state index in [0.717, 1.165) is 4.21 Å². The number of carbonyl (C=O) groups is 2. The van der Waals surface area contributed by atoms with Gasteiger partial charge in [-0.2, -0.15) is 0 Å². The van der Waals surface area contributed by atoms with Crippen LogP contribution in [0.15, 0.2) is 21.7 Å². The molecule has 0 aliphatic carbocycles. The maximum atomic E-state index is 11.7. The number of imide groups is 1. The van der Waals surface area contributed by atoms with Crippen molar-refractivity contribution in [1.29, 1.82) is 0 Å². The van der Waals surface area contributed by atoms with Gasteiger partial charge in [0.25, 0.3) is 0 Å². The number of carbonyl (C=O) groups excluding carboxylic acids is 2.